The van der Waals surface area contributed by atoms with Gasteiger partial charge in [-0.2, -0.15) is 0 Å². The number of hydrogen-bond acceptors (Lipinski definition) is 3. The fraction of sp³-hybridized carbons (Fsp3) is 0.333. The zero-order valence-corrected chi connectivity index (χ0v) is 9.22. The molecule has 0 amide bonds. The van der Waals surface area contributed by atoms with Crippen molar-refractivity contribution in [2.45, 2.75) is 6.04 Å². The van der Waals surface area contributed by atoms with Crippen LogP contribution >= 0.6 is 7.60 Å². The molecule has 0 spiro atoms. The van der Waals surface area contributed by atoms with E-state index in [0.29, 0.717) is 11.3 Å². The first-order valence-corrected chi connectivity index (χ1v) is 6.17. The second-order valence-electron chi connectivity index (χ2n) is 3.20. The van der Waals surface area contributed by atoms with Crippen LogP contribution in [-0.2, 0) is 4.57 Å². The lowest BCUT2D eigenvalue weighted by atomic mass is 10.1. The van der Waals surface area contributed by atoms with Crippen LogP contribution in [0.25, 0.3) is 0 Å². The highest BCUT2D eigenvalue weighted by Crippen LogP contribution is 2.39. The van der Waals surface area contributed by atoms with Gasteiger partial charge < -0.3 is 20.3 Å². The lowest BCUT2D eigenvalue weighted by Crippen LogP contribution is -2.16. The van der Waals surface area contributed by atoms with E-state index in [-0.39, 0.29) is 6.16 Å². The van der Waals surface area contributed by atoms with Crippen molar-refractivity contribution in [1.82, 2.24) is 0 Å². The molecule has 0 saturated heterocycles. The van der Waals surface area contributed by atoms with Crippen molar-refractivity contribution >= 4 is 7.60 Å². The quantitative estimate of drug-likeness (QED) is 0.668. The Morgan fingerprint density at radius 1 is 1.47 bits per heavy atom. The van der Waals surface area contributed by atoms with Gasteiger partial charge in [-0.15, -0.1) is 0 Å². The van der Waals surface area contributed by atoms with Crippen molar-refractivity contribution in [2.75, 3.05) is 13.3 Å². The van der Waals surface area contributed by atoms with E-state index in [4.69, 9.17) is 20.3 Å². The average Bonchev–Trinajstić information content (AvgIpc) is 2.15. The molecule has 0 aliphatic carbocycles. The summed E-state index contributed by atoms with van der Waals surface area (Å²) in [5, 5.41) is 0. The molecule has 0 bridgehead atoms. The van der Waals surface area contributed by atoms with E-state index in [1.54, 1.807) is 24.3 Å². The van der Waals surface area contributed by atoms with Crippen molar-refractivity contribution < 1.29 is 19.1 Å². The van der Waals surface area contributed by atoms with Crippen LogP contribution in [0, 0.1) is 0 Å². The molecule has 0 saturated carbocycles. The first-order valence-electron chi connectivity index (χ1n) is 4.37. The van der Waals surface area contributed by atoms with E-state index in [0.717, 1.165) is 0 Å². The lowest BCUT2D eigenvalue weighted by Gasteiger charge is -2.15. The van der Waals surface area contributed by atoms with Crippen LogP contribution in [0.1, 0.15) is 11.6 Å². The number of hydrogen-bond donors (Lipinski definition) is 3. The van der Waals surface area contributed by atoms with Crippen LogP contribution in [0.15, 0.2) is 24.3 Å². The van der Waals surface area contributed by atoms with Crippen molar-refractivity contribution in [3.63, 3.8) is 0 Å². The summed E-state index contributed by atoms with van der Waals surface area (Å²) in [5.74, 6) is 0.540. The smallest absolute Gasteiger partial charge is 0.327 e. The molecule has 1 unspecified atom stereocenters. The summed E-state index contributed by atoms with van der Waals surface area (Å²) >= 11 is 0. The summed E-state index contributed by atoms with van der Waals surface area (Å²) in [7, 11) is -2.61. The normalized spacial score (nSPS) is 13.6. The number of methoxy groups -OCH3 is 1. The molecule has 1 aromatic carbocycles. The van der Waals surface area contributed by atoms with Gasteiger partial charge in [-0.3, -0.25) is 4.57 Å². The van der Waals surface area contributed by atoms with Gasteiger partial charge in [0.15, 0.2) is 0 Å². The van der Waals surface area contributed by atoms with Gasteiger partial charge >= 0.3 is 7.60 Å². The topological polar surface area (TPSA) is 92.8 Å². The highest BCUT2D eigenvalue weighted by Gasteiger charge is 2.21. The SMILES string of the molecule is COc1ccccc1C(N)CP(=O)(O)O. The number of nitrogens with two attached hydrogens (primary N) is 1. The van der Waals surface area contributed by atoms with Gasteiger partial charge in [0, 0.05) is 11.6 Å². The summed E-state index contributed by atoms with van der Waals surface area (Å²) in [5.41, 5.74) is 6.29. The molecule has 0 aliphatic rings. The third-order valence-electron chi connectivity index (χ3n) is 1.97. The Bertz CT molecular complexity index is 376. The molecular formula is C9H14NO4P. The standard InChI is InChI=1S/C9H14NO4P/c1-14-9-5-3-2-4-7(9)8(10)6-15(11,12)13/h2-5,8H,6,10H2,1H3,(H2,11,12,13). The van der Waals surface area contributed by atoms with Gasteiger partial charge in [0.25, 0.3) is 0 Å². The molecule has 0 radical (unpaired) electrons. The Hall–Kier alpha value is -0.870. The van der Waals surface area contributed by atoms with Crippen molar-refractivity contribution in [3.05, 3.63) is 29.8 Å². The van der Waals surface area contributed by atoms with Gasteiger partial charge in [0.2, 0.25) is 0 Å². The molecule has 1 aromatic rings. The molecule has 0 aliphatic heterocycles. The summed E-state index contributed by atoms with van der Waals surface area (Å²) in [6, 6.07) is 6.19. The lowest BCUT2D eigenvalue weighted by molar-refractivity contribution is 0.367. The van der Waals surface area contributed by atoms with Gasteiger partial charge in [0.1, 0.15) is 5.75 Å². The largest absolute Gasteiger partial charge is 0.496 e. The highest BCUT2D eigenvalue weighted by molar-refractivity contribution is 7.51. The van der Waals surface area contributed by atoms with Gasteiger partial charge in [0.05, 0.1) is 13.3 Å². The Kier molecular flexibility index (Phi) is 3.88. The Morgan fingerprint density at radius 2 is 2.07 bits per heavy atom. The maximum absolute atomic E-state index is 10.8. The van der Waals surface area contributed by atoms with Crippen LogP contribution in [0.3, 0.4) is 0 Å². The van der Waals surface area contributed by atoms with Crippen LogP contribution in [-0.4, -0.2) is 23.1 Å². The molecule has 15 heavy (non-hydrogen) atoms. The molecule has 0 aromatic heterocycles. The Morgan fingerprint density at radius 3 is 2.60 bits per heavy atom. The number of benzene rings is 1. The van der Waals surface area contributed by atoms with Gasteiger partial charge in [-0.1, -0.05) is 18.2 Å². The summed E-state index contributed by atoms with van der Waals surface area (Å²) in [6.45, 7) is 0. The monoisotopic (exact) mass is 231 g/mol. The maximum Gasteiger partial charge on any atom is 0.327 e. The van der Waals surface area contributed by atoms with Crippen LogP contribution in [0.2, 0.25) is 0 Å². The summed E-state index contributed by atoms with van der Waals surface area (Å²) in [6.07, 6.45) is -0.382. The number of ether oxygens (including phenoxy) is 1. The minimum Gasteiger partial charge on any atom is -0.496 e. The minimum atomic E-state index is -4.10. The van der Waals surface area contributed by atoms with E-state index in [9.17, 15) is 4.57 Å². The van der Waals surface area contributed by atoms with E-state index in [1.807, 2.05) is 0 Å². The highest BCUT2D eigenvalue weighted by atomic mass is 31.2. The number of rotatable bonds is 4. The van der Waals surface area contributed by atoms with Gasteiger partial charge in [-0.25, -0.2) is 0 Å². The molecule has 0 heterocycles. The molecule has 4 N–H and O–H groups in total. The fourth-order valence-electron chi connectivity index (χ4n) is 1.33. The van der Waals surface area contributed by atoms with Crippen molar-refractivity contribution in [1.29, 1.82) is 0 Å². The molecule has 0 fully saturated rings. The van der Waals surface area contributed by atoms with E-state index >= 15 is 0 Å². The van der Waals surface area contributed by atoms with E-state index in [1.165, 1.54) is 7.11 Å². The van der Waals surface area contributed by atoms with Crippen LogP contribution in [0.4, 0.5) is 0 Å². The number of para-hydroxylation sites is 1. The fourth-order valence-corrected chi connectivity index (χ4v) is 2.04. The van der Waals surface area contributed by atoms with Crippen LogP contribution in [0.5, 0.6) is 5.75 Å². The van der Waals surface area contributed by atoms with Crippen LogP contribution < -0.4 is 10.5 Å². The Labute approximate surface area is 88.0 Å². The Balaban J connectivity index is 2.90. The summed E-state index contributed by atoms with van der Waals surface area (Å²) < 4.78 is 15.8. The third-order valence-corrected chi connectivity index (χ3v) is 2.84. The molecular weight excluding hydrogens is 217 g/mol. The van der Waals surface area contributed by atoms with Crippen molar-refractivity contribution in [3.8, 4) is 5.75 Å². The molecule has 1 rings (SSSR count). The second-order valence-corrected chi connectivity index (χ2v) is 4.89. The predicted octanol–water partition coefficient (Wildman–Crippen LogP) is 0.873. The zero-order valence-electron chi connectivity index (χ0n) is 8.33. The predicted molar refractivity (Wildman–Crippen MR) is 56.8 cm³/mol. The second kappa shape index (κ2) is 4.77. The van der Waals surface area contributed by atoms with Crippen molar-refractivity contribution in [2.24, 2.45) is 5.73 Å². The molecule has 84 valence electrons. The third kappa shape index (κ3) is 3.64. The minimum absolute atomic E-state index is 0.382. The first kappa shape index (κ1) is 12.2. The molecule has 5 nitrogen and oxygen atoms in total. The van der Waals surface area contributed by atoms with E-state index < -0.39 is 13.6 Å². The van der Waals surface area contributed by atoms with Gasteiger partial charge in [-0.05, 0) is 6.07 Å². The zero-order chi connectivity index (χ0) is 11.5. The molecule has 1 atom stereocenters. The van der Waals surface area contributed by atoms with E-state index in [2.05, 4.69) is 0 Å². The average molecular weight is 231 g/mol. The maximum atomic E-state index is 10.8. The summed E-state index contributed by atoms with van der Waals surface area (Å²) in [4.78, 5) is 17.6. The molecule has 6 heteroatoms. The first-order chi connectivity index (χ1) is 6.94.